The average Bonchev–Trinajstić information content (AvgIpc) is 3.82. The van der Waals surface area contributed by atoms with Crippen LogP contribution in [0.3, 0.4) is 0 Å². The second-order valence-corrected chi connectivity index (χ2v) is 13.8. The largest absolute Gasteiger partial charge is 0.497 e. The number of hydrogen-bond acceptors (Lipinski definition) is 7. The van der Waals surface area contributed by atoms with Crippen LogP contribution in [0.1, 0.15) is 52.5 Å². The number of carbonyl (C=O) groups is 2. The van der Waals surface area contributed by atoms with Gasteiger partial charge < -0.3 is 25.8 Å². The zero-order valence-electron chi connectivity index (χ0n) is 26.0. The summed E-state index contributed by atoms with van der Waals surface area (Å²) >= 11 is 0. The van der Waals surface area contributed by atoms with Crippen LogP contribution in [0.15, 0.2) is 59.5 Å². The molecule has 11 heteroatoms. The first-order chi connectivity index (χ1) is 20.4. The van der Waals surface area contributed by atoms with E-state index in [1.807, 2.05) is 58.0 Å². The summed E-state index contributed by atoms with van der Waals surface area (Å²) in [6, 6.07) is 14.3. The molecule has 0 spiro atoms. The Balaban J connectivity index is 1.84. The lowest BCUT2D eigenvalue weighted by atomic mass is 9.96. The van der Waals surface area contributed by atoms with Crippen molar-refractivity contribution in [3.8, 4) is 5.75 Å². The molecule has 2 amide bonds. The van der Waals surface area contributed by atoms with Gasteiger partial charge in [0.05, 0.1) is 30.7 Å². The Hall–Kier alpha value is -2.99. The molecule has 10 nitrogen and oxygen atoms in total. The van der Waals surface area contributed by atoms with Crippen molar-refractivity contribution in [1.82, 2.24) is 20.3 Å². The SMILES string of the molecule is CC[C@H](C)[C@H](NC(=O)CNC1CC1)C(=O)N[C@@H](Cc1ccccc1)[C@H](O)CN(CC(C)C)S(=O)(=O)c1ccc(OC)cc1. The van der Waals surface area contributed by atoms with E-state index in [-0.39, 0.29) is 48.7 Å². The molecule has 2 aromatic carbocycles. The molecule has 0 heterocycles. The Morgan fingerprint density at radius 2 is 1.65 bits per heavy atom. The van der Waals surface area contributed by atoms with Crippen molar-refractivity contribution in [2.24, 2.45) is 11.8 Å². The van der Waals surface area contributed by atoms with Crippen molar-refractivity contribution in [1.29, 1.82) is 0 Å². The topological polar surface area (TPSA) is 137 Å². The maximum absolute atomic E-state index is 13.7. The zero-order valence-corrected chi connectivity index (χ0v) is 26.8. The van der Waals surface area contributed by atoms with Gasteiger partial charge >= 0.3 is 0 Å². The summed E-state index contributed by atoms with van der Waals surface area (Å²) < 4.78 is 33.9. The first kappa shape index (κ1) is 34.5. The number of nitrogens with one attached hydrogen (secondary N) is 3. The van der Waals surface area contributed by atoms with Gasteiger partial charge in [-0.3, -0.25) is 9.59 Å². The monoisotopic (exact) mass is 616 g/mol. The van der Waals surface area contributed by atoms with E-state index >= 15 is 0 Å². The Morgan fingerprint density at radius 3 is 2.21 bits per heavy atom. The number of amides is 2. The lowest BCUT2D eigenvalue weighted by molar-refractivity contribution is -0.131. The molecule has 0 radical (unpaired) electrons. The molecule has 1 aliphatic carbocycles. The predicted octanol–water partition coefficient (Wildman–Crippen LogP) is 2.71. The highest BCUT2D eigenvalue weighted by molar-refractivity contribution is 7.89. The molecular formula is C32H48N4O6S. The summed E-state index contributed by atoms with van der Waals surface area (Å²) in [7, 11) is -2.46. The summed E-state index contributed by atoms with van der Waals surface area (Å²) in [5.41, 5.74) is 0.873. The van der Waals surface area contributed by atoms with E-state index in [1.165, 1.54) is 23.5 Å². The fourth-order valence-electron chi connectivity index (χ4n) is 4.79. The summed E-state index contributed by atoms with van der Waals surface area (Å²) in [5, 5.41) is 20.6. The normalized spacial score (nSPS) is 16.4. The Kier molecular flexibility index (Phi) is 13.0. The van der Waals surface area contributed by atoms with Gasteiger partial charge in [0.2, 0.25) is 21.8 Å². The van der Waals surface area contributed by atoms with Crippen molar-refractivity contribution < 1.29 is 27.9 Å². The average molecular weight is 617 g/mol. The molecule has 4 atom stereocenters. The van der Waals surface area contributed by atoms with Gasteiger partial charge in [0, 0.05) is 19.1 Å². The molecule has 4 N–H and O–H groups in total. The van der Waals surface area contributed by atoms with Crippen LogP contribution in [0.25, 0.3) is 0 Å². The zero-order chi connectivity index (χ0) is 31.6. The summed E-state index contributed by atoms with van der Waals surface area (Å²) in [4.78, 5) is 26.4. The number of nitrogens with zero attached hydrogens (tertiary/aromatic N) is 1. The van der Waals surface area contributed by atoms with Crippen molar-refractivity contribution in [2.75, 3.05) is 26.7 Å². The van der Waals surface area contributed by atoms with Crippen molar-refractivity contribution in [2.45, 2.75) is 82.5 Å². The maximum atomic E-state index is 13.7. The van der Waals surface area contributed by atoms with Gasteiger partial charge in [0.25, 0.3) is 0 Å². The van der Waals surface area contributed by atoms with Crippen LogP contribution >= 0.6 is 0 Å². The molecular weight excluding hydrogens is 568 g/mol. The minimum atomic E-state index is -3.97. The molecule has 1 aliphatic rings. The highest BCUT2D eigenvalue weighted by atomic mass is 32.2. The molecule has 0 aromatic heterocycles. The van der Waals surface area contributed by atoms with Crippen LogP contribution in [-0.4, -0.2) is 80.6 Å². The molecule has 43 heavy (non-hydrogen) atoms. The number of rotatable bonds is 18. The number of carbonyl (C=O) groups excluding carboxylic acids is 2. The highest BCUT2D eigenvalue weighted by Gasteiger charge is 2.34. The van der Waals surface area contributed by atoms with Gasteiger partial charge in [-0.1, -0.05) is 64.4 Å². The fourth-order valence-corrected chi connectivity index (χ4v) is 6.41. The molecule has 0 saturated heterocycles. The first-order valence-electron chi connectivity index (χ1n) is 15.1. The van der Waals surface area contributed by atoms with Crippen molar-refractivity contribution in [3.63, 3.8) is 0 Å². The van der Waals surface area contributed by atoms with Crippen LogP contribution in [0.2, 0.25) is 0 Å². The number of ether oxygens (including phenoxy) is 1. The van der Waals surface area contributed by atoms with Crippen LogP contribution in [0, 0.1) is 11.8 Å². The van der Waals surface area contributed by atoms with E-state index in [9.17, 15) is 23.1 Å². The van der Waals surface area contributed by atoms with E-state index in [4.69, 9.17) is 4.74 Å². The van der Waals surface area contributed by atoms with Crippen LogP contribution in [-0.2, 0) is 26.0 Å². The molecule has 2 aromatic rings. The highest BCUT2D eigenvalue weighted by Crippen LogP contribution is 2.22. The smallest absolute Gasteiger partial charge is 0.243 e. The molecule has 1 saturated carbocycles. The van der Waals surface area contributed by atoms with Gasteiger partial charge in [-0.2, -0.15) is 4.31 Å². The molecule has 1 fully saturated rings. The number of aliphatic hydroxyl groups is 1. The second-order valence-electron chi connectivity index (χ2n) is 11.8. The summed E-state index contributed by atoms with van der Waals surface area (Å²) in [6.07, 6.45) is 1.78. The maximum Gasteiger partial charge on any atom is 0.243 e. The lowest BCUT2D eigenvalue weighted by Crippen LogP contribution is -2.57. The van der Waals surface area contributed by atoms with E-state index in [0.29, 0.717) is 18.2 Å². The Labute approximate surface area is 256 Å². The summed E-state index contributed by atoms with van der Waals surface area (Å²) in [6.45, 7) is 7.74. The molecule has 0 unspecified atom stereocenters. The van der Waals surface area contributed by atoms with E-state index < -0.39 is 34.1 Å². The van der Waals surface area contributed by atoms with Crippen LogP contribution < -0.4 is 20.7 Å². The number of methoxy groups -OCH3 is 1. The van der Waals surface area contributed by atoms with E-state index in [0.717, 1.165) is 18.4 Å². The Morgan fingerprint density at radius 1 is 1.00 bits per heavy atom. The third-order valence-corrected chi connectivity index (χ3v) is 9.53. The van der Waals surface area contributed by atoms with Gasteiger partial charge in [0.1, 0.15) is 11.8 Å². The van der Waals surface area contributed by atoms with Gasteiger partial charge in [0.15, 0.2) is 0 Å². The molecule has 0 aliphatic heterocycles. The number of benzene rings is 2. The van der Waals surface area contributed by atoms with Crippen molar-refractivity contribution in [3.05, 3.63) is 60.2 Å². The third kappa shape index (κ3) is 10.6. The minimum Gasteiger partial charge on any atom is -0.497 e. The number of sulfonamides is 1. The van der Waals surface area contributed by atoms with E-state index in [2.05, 4.69) is 16.0 Å². The van der Waals surface area contributed by atoms with Crippen LogP contribution in [0.5, 0.6) is 5.75 Å². The van der Waals surface area contributed by atoms with Crippen molar-refractivity contribution >= 4 is 21.8 Å². The second kappa shape index (κ2) is 16.2. The fraction of sp³-hybridized carbons (Fsp3) is 0.562. The standard InChI is InChI=1S/C32H48N4O6S/c1-6-23(4)31(35-30(38)19-33-25-12-13-25)32(39)34-28(18-24-10-8-7-9-11-24)29(37)21-36(20-22(2)3)43(40,41)27-16-14-26(42-5)15-17-27/h7-11,14-17,22-23,25,28-29,31,33,37H,6,12-13,18-21H2,1-5H3,(H,34,39)(H,35,38)/t23-,28-,29+,31-/m0/s1. The number of hydrogen-bond donors (Lipinski definition) is 4. The van der Waals surface area contributed by atoms with Gasteiger partial charge in [-0.15, -0.1) is 0 Å². The minimum absolute atomic E-state index is 0.0170. The lowest BCUT2D eigenvalue weighted by Gasteiger charge is -2.32. The predicted molar refractivity (Wildman–Crippen MR) is 167 cm³/mol. The molecule has 238 valence electrons. The van der Waals surface area contributed by atoms with Crippen LogP contribution in [0.4, 0.5) is 0 Å². The Bertz CT molecular complexity index is 1270. The number of aliphatic hydroxyl groups excluding tert-OH is 1. The first-order valence-corrected chi connectivity index (χ1v) is 16.6. The molecule has 0 bridgehead atoms. The summed E-state index contributed by atoms with van der Waals surface area (Å²) in [5.74, 6) is -0.320. The third-order valence-electron chi connectivity index (χ3n) is 7.69. The molecule has 3 rings (SSSR count). The quantitative estimate of drug-likeness (QED) is 0.202. The van der Waals surface area contributed by atoms with E-state index in [1.54, 1.807) is 12.1 Å². The van der Waals surface area contributed by atoms with Gasteiger partial charge in [-0.25, -0.2) is 8.42 Å². The van der Waals surface area contributed by atoms with Gasteiger partial charge in [-0.05, 0) is 60.9 Å².